The third kappa shape index (κ3) is 2.02. The molecule has 2 aromatic rings. The average Bonchev–Trinajstić information content (AvgIpc) is 2.93. The van der Waals surface area contributed by atoms with Crippen molar-refractivity contribution in [1.29, 1.82) is 0 Å². The molecule has 1 aliphatic rings. The molecule has 90 valence electrons. The van der Waals surface area contributed by atoms with Crippen molar-refractivity contribution in [1.82, 2.24) is 0 Å². The number of Topliss-reactive ketones (excluding diaryl/α,β-unsaturated/α-hetero) is 1. The van der Waals surface area contributed by atoms with Crippen LogP contribution in [0.3, 0.4) is 0 Å². The Balaban J connectivity index is 1.93. The second-order valence-electron chi connectivity index (χ2n) is 4.44. The number of fused-ring (bicyclic) bond motifs is 1. The lowest BCUT2D eigenvalue weighted by Crippen LogP contribution is -2.07. The molecule has 0 aliphatic carbocycles. The van der Waals surface area contributed by atoms with Gasteiger partial charge in [-0.15, -0.1) is 0 Å². The smallest absolute Gasteiger partial charge is 0.201 e. The summed E-state index contributed by atoms with van der Waals surface area (Å²) in [5, 5.41) is 2.32. The molecule has 0 radical (unpaired) electrons. The van der Waals surface area contributed by atoms with Crippen LogP contribution in [0.5, 0.6) is 0 Å². The number of rotatable bonds is 3. The fraction of sp³-hybridized carbons (Fsp3) is 0.188. The fourth-order valence-corrected chi connectivity index (χ4v) is 2.32. The molecule has 18 heavy (non-hydrogen) atoms. The predicted molar refractivity (Wildman–Crippen MR) is 71.3 cm³/mol. The first-order chi connectivity index (χ1) is 8.84. The van der Waals surface area contributed by atoms with Gasteiger partial charge >= 0.3 is 0 Å². The molecular weight excluding hydrogens is 224 g/mol. The Morgan fingerprint density at radius 2 is 1.94 bits per heavy atom. The highest BCUT2D eigenvalue weighted by Gasteiger charge is 2.16. The van der Waals surface area contributed by atoms with Gasteiger partial charge in [-0.2, -0.15) is 0 Å². The number of ether oxygens (including phenoxy) is 1. The Morgan fingerprint density at radius 3 is 2.78 bits per heavy atom. The van der Waals surface area contributed by atoms with Crippen LogP contribution < -0.4 is 0 Å². The van der Waals surface area contributed by atoms with Crippen LogP contribution in [0.4, 0.5) is 0 Å². The van der Waals surface area contributed by atoms with Crippen LogP contribution in [-0.2, 0) is 16.0 Å². The minimum absolute atomic E-state index is 0.0730. The maximum atomic E-state index is 12.1. The standard InChI is InChI=1S/C16H14O2/c17-15(16-9-4-10-18-16)11-13-7-3-6-12-5-1-2-8-14(12)13/h1-3,5-9H,4,10-11H2. The van der Waals surface area contributed by atoms with E-state index in [4.69, 9.17) is 4.74 Å². The summed E-state index contributed by atoms with van der Waals surface area (Å²) in [4.78, 5) is 12.1. The molecule has 0 aromatic heterocycles. The van der Waals surface area contributed by atoms with E-state index in [1.165, 1.54) is 5.39 Å². The van der Waals surface area contributed by atoms with Crippen LogP contribution in [-0.4, -0.2) is 12.4 Å². The van der Waals surface area contributed by atoms with Gasteiger partial charge in [-0.25, -0.2) is 0 Å². The van der Waals surface area contributed by atoms with E-state index in [1.54, 1.807) is 0 Å². The summed E-state index contributed by atoms with van der Waals surface area (Å²) in [6.45, 7) is 0.636. The lowest BCUT2D eigenvalue weighted by Gasteiger charge is -2.06. The van der Waals surface area contributed by atoms with Crippen molar-refractivity contribution in [2.75, 3.05) is 6.61 Å². The summed E-state index contributed by atoms with van der Waals surface area (Å²) in [5.41, 5.74) is 1.06. The van der Waals surface area contributed by atoms with E-state index in [2.05, 4.69) is 18.2 Å². The first-order valence-corrected chi connectivity index (χ1v) is 6.17. The second-order valence-corrected chi connectivity index (χ2v) is 4.44. The van der Waals surface area contributed by atoms with E-state index in [0.717, 1.165) is 17.4 Å². The molecule has 0 bridgehead atoms. The van der Waals surface area contributed by atoms with Gasteiger partial charge in [0.1, 0.15) is 0 Å². The zero-order chi connectivity index (χ0) is 12.4. The van der Waals surface area contributed by atoms with Crippen LogP contribution in [0.15, 0.2) is 54.3 Å². The van der Waals surface area contributed by atoms with Crippen LogP contribution in [0.25, 0.3) is 10.8 Å². The molecule has 0 spiro atoms. The fourth-order valence-electron chi connectivity index (χ4n) is 2.32. The maximum absolute atomic E-state index is 12.1. The van der Waals surface area contributed by atoms with E-state index in [0.29, 0.717) is 18.8 Å². The van der Waals surface area contributed by atoms with Gasteiger partial charge in [0.25, 0.3) is 0 Å². The molecule has 2 aromatic carbocycles. The van der Waals surface area contributed by atoms with Gasteiger partial charge in [-0.05, 0) is 22.4 Å². The summed E-state index contributed by atoms with van der Waals surface area (Å²) in [5.74, 6) is 0.604. The molecule has 0 atom stereocenters. The lowest BCUT2D eigenvalue weighted by molar-refractivity contribution is -0.117. The molecule has 0 amide bonds. The molecule has 2 nitrogen and oxygen atoms in total. The van der Waals surface area contributed by atoms with Crippen molar-refractivity contribution in [2.24, 2.45) is 0 Å². The number of carbonyl (C=O) groups is 1. The summed E-state index contributed by atoms with van der Waals surface area (Å²) in [6, 6.07) is 14.2. The average molecular weight is 238 g/mol. The van der Waals surface area contributed by atoms with Gasteiger partial charge < -0.3 is 4.74 Å². The Bertz CT molecular complexity index is 621. The molecule has 2 heteroatoms. The SMILES string of the molecule is O=C(Cc1cccc2ccccc12)C1=CCCO1. The van der Waals surface area contributed by atoms with Gasteiger partial charge in [-0.1, -0.05) is 42.5 Å². The highest BCUT2D eigenvalue weighted by molar-refractivity contribution is 5.98. The molecule has 0 saturated carbocycles. The van der Waals surface area contributed by atoms with Crippen LogP contribution in [0, 0.1) is 0 Å². The quantitative estimate of drug-likeness (QED) is 0.820. The number of allylic oxidation sites excluding steroid dienone is 1. The van der Waals surface area contributed by atoms with Crippen molar-refractivity contribution in [3.05, 3.63) is 59.9 Å². The third-order valence-corrected chi connectivity index (χ3v) is 3.21. The van der Waals surface area contributed by atoms with Gasteiger partial charge in [0.15, 0.2) is 5.76 Å². The molecule has 0 N–H and O–H groups in total. The van der Waals surface area contributed by atoms with Crippen LogP contribution in [0.1, 0.15) is 12.0 Å². The molecule has 0 saturated heterocycles. The summed E-state index contributed by atoms with van der Waals surface area (Å²) >= 11 is 0. The van der Waals surface area contributed by atoms with E-state index in [9.17, 15) is 4.79 Å². The monoisotopic (exact) mass is 238 g/mol. The van der Waals surface area contributed by atoms with E-state index in [1.807, 2.05) is 30.3 Å². The minimum atomic E-state index is 0.0730. The molecular formula is C16H14O2. The van der Waals surface area contributed by atoms with Gasteiger partial charge in [0.2, 0.25) is 5.78 Å². The number of hydrogen-bond acceptors (Lipinski definition) is 2. The molecule has 1 aliphatic heterocycles. The summed E-state index contributed by atoms with van der Waals surface area (Å²) < 4.78 is 5.31. The Kier molecular flexibility index (Phi) is 2.85. The highest BCUT2D eigenvalue weighted by Crippen LogP contribution is 2.21. The van der Waals surface area contributed by atoms with Crippen molar-refractivity contribution in [3.8, 4) is 0 Å². The van der Waals surface area contributed by atoms with E-state index < -0.39 is 0 Å². The number of carbonyl (C=O) groups excluding carboxylic acids is 1. The first kappa shape index (κ1) is 11.0. The van der Waals surface area contributed by atoms with Crippen molar-refractivity contribution >= 4 is 16.6 Å². The Labute approximate surface area is 106 Å². The van der Waals surface area contributed by atoms with Gasteiger partial charge in [0, 0.05) is 12.8 Å². The normalized spacial score (nSPS) is 14.3. The number of ketones is 1. The van der Waals surface area contributed by atoms with E-state index >= 15 is 0 Å². The number of hydrogen-bond donors (Lipinski definition) is 0. The molecule has 0 unspecified atom stereocenters. The second kappa shape index (κ2) is 4.65. The van der Waals surface area contributed by atoms with Crippen molar-refractivity contribution in [3.63, 3.8) is 0 Å². The van der Waals surface area contributed by atoms with Gasteiger partial charge in [-0.3, -0.25) is 4.79 Å². The zero-order valence-electron chi connectivity index (χ0n) is 10.1. The summed E-state index contributed by atoms with van der Waals surface area (Å²) in [7, 11) is 0. The minimum Gasteiger partial charge on any atom is -0.490 e. The third-order valence-electron chi connectivity index (χ3n) is 3.21. The van der Waals surface area contributed by atoms with E-state index in [-0.39, 0.29) is 5.78 Å². The zero-order valence-corrected chi connectivity index (χ0v) is 10.1. The topological polar surface area (TPSA) is 26.3 Å². The summed E-state index contributed by atoms with van der Waals surface area (Å²) in [6.07, 6.45) is 3.14. The Morgan fingerprint density at radius 1 is 1.11 bits per heavy atom. The predicted octanol–water partition coefficient (Wildman–Crippen LogP) is 3.26. The highest BCUT2D eigenvalue weighted by atomic mass is 16.5. The van der Waals surface area contributed by atoms with Crippen LogP contribution in [0.2, 0.25) is 0 Å². The largest absolute Gasteiger partial charge is 0.490 e. The molecule has 0 fully saturated rings. The van der Waals surface area contributed by atoms with Crippen molar-refractivity contribution < 1.29 is 9.53 Å². The molecule has 3 rings (SSSR count). The number of benzene rings is 2. The molecule has 1 heterocycles. The van der Waals surface area contributed by atoms with Crippen molar-refractivity contribution in [2.45, 2.75) is 12.8 Å². The lowest BCUT2D eigenvalue weighted by atomic mass is 10.00. The van der Waals surface area contributed by atoms with Crippen LogP contribution >= 0.6 is 0 Å². The first-order valence-electron chi connectivity index (χ1n) is 6.17. The maximum Gasteiger partial charge on any atom is 0.201 e. The Hall–Kier alpha value is -2.09. The van der Waals surface area contributed by atoms with Gasteiger partial charge in [0.05, 0.1) is 6.61 Å².